The number of hydrogen-bond donors (Lipinski definition) is 0. The van der Waals surface area contributed by atoms with Crippen LogP contribution in [0.15, 0.2) is 9.42 Å². The molecule has 8 nitrogen and oxygen atoms in total. The molecular weight excluding hydrogens is 318 g/mol. The van der Waals surface area contributed by atoms with Crippen molar-refractivity contribution in [2.24, 2.45) is 0 Å². The van der Waals surface area contributed by atoms with E-state index in [1.807, 2.05) is 0 Å². The summed E-state index contributed by atoms with van der Waals surface area (Å²) in [5.74, 6) is 0.107. The molecule has 21 heavy (non-hydrogen) atoms. The Morgan fingerprint density at radius 3 is 2.43 bits per heavy atom. The summed E-state index contributed by atoms with van der Waals surface area (Å²) in [7, 11) is -3.70. The summed E-state index contributed by atoms with van der Waals surface area (Å²) < 4.78 is 31.1. The number of amides is 2. The van der Waals surface area contributed by atoms with E-state index in [1.165, 1.54) is 11.2 Å². The number of aromatic nitrogens is 1. The maximum Gasteiger partial charge on any atom is 0.289 e. The zero-order chi connectivity index (χ0) is 15.4. The molecule has 3 heterocycles. The van der Waals surface area contributed by atoms with Crippen LogP contribution in [0.5, 0.6) is 0 Å². The van der Waals surface area contributed by atoms with E-state index >= 15 is 0 Å². The summed E-state index contributed by atoms with van der Waals surface area (Å²) in [4.78, 5) is 24.4. The van der Waals surface area contributed by atoms with Gasteiger partial charge in [0.25, 0.3) is 5.24 Å². The number of sulfonamides is 1. The highest BCUT2D eigenvalue weighted by Crippen LogP contribution is 2.31. The summed E-state index contributed by atoms with van der Waals surface area (Å²) >= 11 is 0.947. The van der Waals surface area contributed by atoms with Crippen LogP contribution in [0.1, 0.15) is 11.5 Å². The van der Waals surface area contributed by atoms with Gasteiger partial charge < -0.3 is 4.52 Å². The molecule has 0 aliphatic carbocycles. The summed E-state index contributed by atoms with van der Waals surface area (Å²) in [5, 5.41) is 3.33. The molecule has 114 valence electrons. The van der Waals surface area contributed by atoms with Crippen LogP contribution >= 0.6 is 11.8 Å². The van der Waals surface area contributed by atoms with Crippen molar-refractivity contribution in [1.29, 1.82) is 0 Å². The lowest BCUT2D eigenvalue weighted by Crippen LogP contribution is -2.62. The van der Waals surface area contributed by atoms with Crippen molar-refractivity contribution in [2.75, 3.05) is 18.8 Å². The molecule has 2 aliphatic rings. The van der Waals surface area contributed by atoms with Gasteiger partial charge in [-0.3, -0.25) is 14.5 Å². The monoisotopic (exact) mass is 331 g/mol. The van der Waals surface area contributed by atoms with Gasteiger partial charge in [0.15, 0.2) is 5.76 Å². The maximum atomic E-state index is 12.5. The fourth-order valence-electron chi connectivity index (χ4n) is 2.47. The third kappa shape index (κ3) is 2.17. The van der Waals surface area contributed by atoms with Crippen LogP contribution in [-0.2, 0) is 14.8 Å². The predicted octanol–water partition coefficient (Wildman–Crippen LogP) is 0.360. The lowest BCUT2D eigenvalue weighted by atomic mass is 10.1. The SMILES string of the molecule is Cc1noc(C)c1S(=O)(=O)N1CC(N2C(=O)CSC2=O)C1. The van der Waals surface area contributed by atoms with Gasteiger partial charge >= 0.3 is 0 Å². The van der Waals surface area contributed by atoms with Gasteiger partial charge in [0.05, 0.1) is 11.8 Å². The topological polar surface area (TPSA) is 101 Å². The smallest absolute Gasteiger partial charge is 0.289 e. The first-order valence-electron chi connectivity index (χ1n) is 6.24. The Morgan fingerprint density at radius 1 is 1.29 bits per heavy atom. The van der Waals surface area contributed by atoms with E-state index in [0.29, 0.717) is 5.69 Å². The molecule has 0 saturated carbocycles. The largest absolute Gasteiger partial charge is 0.360 e. The number of rotatable bonds is 3. The van der Waals surface area contributed by atoms with Crippen LogP contribution in [-0.4, -0.2) is 58.8 Å². The second-order valence-electron chi connectivity index (χ2n) is 4.95. The molecule has 0 aromatic carbocycles. The van der Waals surface area contributed by atoms with Crippen molar-refractivity contribution < 1.29 is 22.5 Å². The lowest BCUT2D eigenvalue weighted by molar-refractivity contribution is -0.127. The third-order valence-electron chi connectivity index (χ3n) is 3.54. The molecule has 0 radical (unpaired) electrons. The van der Waals surface area contributed by atoms with Crippen molar-refractivity contribution >= 4 is 32.9 Å². The van der Waals surface area contributed by atoms with Crippen LogP contribution in [0.2, 0.25) is 0 Å². The summed E-state index contributed by atoms with van der Waals surface area (Å²) in [6, 6.07) is -0.379. The Hall–Kier alpha value is -1.39. The standard InChI is InChI=1S/C11H13N3O5S2/c1-6-10(7(2)19-12-6)21(17,18)13-3-8(4-13)14-9(15)5-20-11(14)16/h8H,3-5H2,1-2H3. The first kappa shape index (κ1) is 14.5. The van der Waals surface area contributed by atoms with Crippen molar-refractivity contribution in [2.45, 2.75) is 24.8 Å². The molecule has 2 amide bonds. The van der Waals surface area contributed by atoms with Crippen LogP contribution in [0.25, 0.3) is 0 Å². The Morgan fingerprint density at radius 2 is 1.95 bits per heavy atom. The molecule has 10 heteroatoms. The fourth-order valence-corrected chi connectivity index (χ4v) is 5.05. The number of hydrogen-bond acceptors (Lipinski definition) is 7. The second kappa shape index (κ2) is 4.82. The average molecular weight is 331 g/mol. The average Bonchev–Trinajstić information content (AvgIpc) is 2.83. The van der Waals surface area contributed by atoms with Gasteiger partial charge in [-0.2, -0.15) is 4.31 Å². The van der Waals surface area contributed by atoms with E-state index in [-0.39, 0.29) is 46.7 Å². The molecule has 2 aliphatic heterocycles. The number of nitrogens with zero attached hydrogens (tertiary/aromatic N) is 3. The fraction of sp³-hybridized carbons (Fsp3) is 0.545. The van der Waals surface area contributed by atoms with Gasteiger partial charge in [-0.25, -0.2) is 8.42 Å². The van der Waals surface area contributed by atoms with Crippen LogP contribution in [0.4, 0.5) is 4.79 Å². The van der Waals surface area contributed by atoms with E-state index in [9.17, 15) is 18.0 Å². The molecule has 3 rings (SSSR count). The molecular formula is C11H13N3O5S2. The number of thioether (sulfide) groups is 1. The van der Waals surface area contributed by atoms with Gasteiger partial charge in [-0.05, 0) is 13.8 Å². The van der Waals surface area contributed by atoms with E-state index in [2.05, 4.69) is 5.16 Å². The minimum absolute atomic E-state index is 0.0643. The molecule has 0 N–H and O–H groups in total. The summed E-state index contributed by atoms with van der Waals surface area (Å²) in [6.45, 7) is 3.33. The minimum atomic E-state index is -3.70. The van der Waals surface area contributed by atoms with E-state index in [4.69, 9.17) is 4.52 Å². The molecule has 1 aromatic heterocycles. The van der Waals surface area contributed by atoms with Crippen LogP contribution in [0.3, 0.4) is 0 Å². The predicted molar refractivity (Wildman–Crippen MR) is 73.2 cm³/mol. The van der Waals surface area contributed by atoms with Crippen molar-refractivity contribution in [1.82, 2.24) is 14.4 Å². The Labute approximate surface area is 125 Å². The van der Waals surface area contributed by atoms with Gasteiger partial charge in [-0.15, -0.1) is 0 Å². The van der Waals surface area contributed by atoms with Gasteiger partial charge in [0.1, 0.15) is 10.6 Å². The first-order valence-corrected chi connectivity index (χ1v) is 8.66. The van der Waals surface area contributed by atoms with Crippen LogP contribution in [0, 0.1) is 13.8 Å². The van der Waals surface area contributed by atoms with E-state index in [1.54, 1.807) is 6.92 Å². The summed E-state index contributed by atoms with van der Waals surface area (Å²) in [5.41, 5.74) is 0.305. The number of carbonyl (C=O) groups is 2. The van der Waals surface area contributed by atoms with Crippen LogP contribution < -0.4 is 0 Å². The number of carbonyl (C=O) groups excluding carboxylic acids is 2. The number of imide groups is 1. The normalized spacial score (nSPS) is 21.1. The van der Waals surface area contributed by atoms with Crippen molar-refractivity contribution in [3.05, 3.63) is 11.5 Å². The minimum Gasteiger partial charge on any atom is -0.360 e. The highest BCUT2D eigenvalue weighted by molar-refractivity contribution is 8.14. The number of aryl methyl sites for hydroxylation is 2. The quantitative estimate of drug-likeness (QED) is 0.788. The maximum absolute atomic E-state index is 12.5. The lowest BCUT2D eigenvalue weighted by Gasteiger charge is -2.41. The second-order valence-corrected chi connectivity index (χ2v) is 7.75. The Kier molecular flexibility index (Phi) is 3.34. The molecule has 0 unspecified atom stereocenters. The Bertz CT molecular complexity index is 685. The van der Waals surface area contributed by atoms with Crippen molar-refractivity contribution in [3.63, 3.8) is 0 Å². The van der Waals surface area contributed by atoms with E-state index < -0.39 is 10.0 Å². The van der Waals surface area contributed by atoms with E-state index in [0.717, 1.165) is 16.7 Å². The molecule has 2 saturated heterocycles. The molecule has 0 spiro atoms. The van der Waals surface area contributed by atoms with Crippen molar-refractivity contribution in [3.8, 4) is 0 Å². The first-order chi connectivity index (χ1) is 9.82. The Balaban J connectivity index is 1.77. The third-order valence-corrected chi connectivity index (χ3v) is 6.46. The molecule has 0 bridgehead atoms. The highest BCUT2D eigenvalue weighted by atomic mass is 32.2. The zero-order valence-corrected chi connectivity index (χ0v) is 13.0. The molecule has 2 fully saturated rings. The van der Waals surface area contributed by atoms with Gasteiger partial charge in [0, 0.05) is 13.1 Å². The van der Waals surface area contributed by atoms with Gasteiger partial charge in [0.2, 0.25) is 15.9 Å². The zero-order valence-electron chi connectivity index (χ0n) is 11.4. The molecule has 1 aromatic rings. The van der Waals surface area contributed by atoms with Gasteiger partial charge in [-0.1, -0.05) is 16.9 Å². The summed E-state index contributed by atoms with van der Waals surface area (Å²) in [6.07, 6.45) is 0. The molecule has 0 atom stereocenters. The highest BCUT2D eigenvalue weighted by Gasteiger charge is 2.47.